The van der Waals surface area contributed by atoms with E-state index >= 15 is 0 Å². The largest absolute Gasteiger partial charge is 0.295 e. The van der Waals surface area contributed by atoms with Gasteiger partial charge < -0.3 is 0 Å². The summed E-state index contributed by atoms with van der Waals surface area (Å²) in [5.41, 5.74) is 1.06. The minimum atomic E-state index is 0.391. The highest BCUT2D eigenvalue weighted by Crippen LogP contribution is 2.25. The normalized spacial score (nSPS) is 24.0. The van der Waals surface area contributed by atoms with Gasteiger partial charge in [-0.05, 0) is 30.8 Å². The van der Waals surface area contributed by atoms with Crippen LogP contribution in [0.15, 0.2) is 11.6 Å². The number of hydrogen-bond acceptors (Lipinski definition) is 1. The molecule has 0 aromatic rings. The third kappa shape index (κ3) is 2.20. The fraction of sp³-hybridized carbons (Fsp3) is 0.727. The van der Waals surface area contributed by atoms with E-state index in [4.69, 9.17) is 0 Å². The van der Waals surface area contributed by atoms with Gasteiger partial charge in [-0.3, -0.25) is 4.79 Å². The van der Waals surface area contributed by atoms with Gasteiger partial charge in [0.05, 0.1) is 0 Å². The van der Waals surface area contributed by atoms with Crippen LogP contribution in [-0.2, 0) is 4.79 Å². The molecule has 1 nitrogen and oxygen atoms in total. The minimum absolute atomic E-state index is 0.391. The van der Waals surface area contributed by atoms with Crippen molar-refractivity contribution in [3.05, 3.63) is 11.6 Å². The van der Waals surface area contributed by atoms with Crippen molar-refractivity contribution < 1.29 is 4.79 Å². The summed E-state index contributed by atoms with van der Waals surface area (Å²) >= 11 is 0. The first kappa shape index (κ1) is 9.50. The van der Waals surface area contributed by atoms with Gasteiger partial charge in [-0.1, -0.05) is 26.3 Å². The Morgan fingerprint density at radius 2 is 2.25 bits per heavy atom. The lowest BCUT2D eigenvalue weighted by molar-refractivity contribution is -0.117. The van der Waals surface area contributed by atoms with Gasteiger partial charge in [-0.2, -0.15) is 0 Å². The van der Waals surface area contributed by atoms with Crippen LogP contribution in [0.3, 0.4) is 0 Å². The zero-order chi connectivity index (χ0) is 8.97. The molecule has 0 saturated carbocycles. The van der Waals surface area contributed by atoms with Gasteiger partial charge >= 0.3 is 0 Å². The average Bonchev–Trinajstić information content (AvgIpc) is 2.05. The lowest BCUT2D eigenvalue weighted by Crippen LogP contribution is -2.15. The second-order valence-corrected chi connectivity index (χ2v) is 3.60. The van der Waals surface area contributed by atoms with E-state index in [2.05, 4.69) is 19.9 Å². The van der Waals surface area contributed by atoms with Crippen molar-refractivity contribution in [3.8, 4) is 0 Å². The maximum absolute atomic E-state index is 11.4. The molecule has 0 heterocycles. The number of allylic oxidation sites excluding steroid dienone is 2. The molecule has 1 aliphatic carbocycles. The van der Waals surface area contributed by atoms with Crippen LogP contribution in [0.4, 0.5) is 0 Å². The third-order valence-electron chi connectivity index (χ3n) is 2.61. The van der Waals surface area contributed by atoms with Crippen molar-refractivity contribution in [2.75, 3.05) is 0 Å². The summed E-state index contributed by atoms with van der Waals surface area (Å²) in [5.74, 6) is 1.03. The van der Waals surface area contributed by atoms with Crippen LogP contribution in [0.2, 0.25) is 0 Å². The molecule has 1 unspecified atom stereocenters. The lowest BCUT2D eigenvalue weighted by atomic mass is 9.85. The summed E-state index contributed by atoms with van der Waals surface area (Å²) in [5, 5.41) is 0. The first-order valence-corrected chi connectivity index (χ1v) is 5.00. The van der Waals surface area contributed by atoms with Crippen molar-refractivity contribution in [2.45, 2.75) is 46.0 Å². The van der Waals surface area contributed by atoms with E-state index in [1.54, 1.807) is 0 Å². The summed E-state index contributed by atoms with van der Waals surface area (Å²) in [6.45, 7) is 4.24. The Morgan fingerprint density at radius 1 is 1.50 bits per heavy atom. The molecule has 0 aliphatic heterocycles. The van der Waals surface area contributed by atoms with E-state index in [-0.39, 0.29) is 0 Å². The number of rotatable bonds is 3. The minimum Gasteiger partial charge on any atom is -0.295 e. The molecule has 0 aromatic heterocycles. The smallest absolute Gasteiger partial charge is 0.158 e. The quantitative estimate of drug-likeness (QED) is 0.629. The standard InChI is InChI=1S/C11H18O/c1-3-5-9-6-7-10(4-2)11(12)8-9/h7,9H,3-6,8H2,1-2H3. The number of carbonyl (C=O) groups excluding carboxylic acids is 1. The van der Waals surface area contributed by atoms with Crippen molar-refractivity contribution in [3.63, 3.8) is 0 Å². The topological polar surface area (TPSA) is 17.1 Å². The Bertz CT molecular complexity index is 191. The summed E-state index contributed by atoms with van der Waals surface area (Å²) < 4.78 is 0. The highest BCUT2D eigenvalue weighted by Gasteiger charge is 2.19. The number of hydrogen-bond donors (Lipinski definition) is 0. The SMILES string of the molecule is CCCC1CC=C(CC)C(=O)C1. The molecule has 12 heavy (non-hydrogen) atoms. The first-order chi connectivity index (χ1) is 5.77. The molecule has 1 rings (SSSR count). The molecule has 0 spiro atoms. The van der Waals surface area contributed by atoms with Gasteiger partial charge in [0.2, 0.25) is 0 Å². The summed E-state index contributed by atoms with van der Waals surface area (Å²) in [4.78, 5) is 11.4. The molecular weight excluding hydrogens is 148 g/mol. The van der Waals surface area contributed by atoms with Crippen molar-refractivity contribution in [2.24, 2.45) is 5.92 Å². The Labute approximate surface area is 74.9 Å². The number of carbonyl (C=O) groups is 1. The van der Waals surface area contributed by atoms with E-state index in [1.807, 2.05) is 0 Å². The van der Waals surface area contributed by atoms with Crippen LogP contribution in [0, 0.1) is 5.92 Å². The van der Waals surface area contributed by atoms with Gasteiger partial charge in [-0.25, -0.2) is 0 Å². The molecule has 0 bridgehead atoms. The van der Waals surface area contributed by atoms with Gasteiger partial charge in [0, 0.05) is 6.42 Å². The zero-order valence-electron chi connectivity index (χ0n) is 8.10. The van der Waals surface area contributed by atoms with Gasteiger partial charge in [0.25, 0.3) is 0 Å². The van der Waals surface area contributed by atoms with Gasteiger partial charge in [-0.15, -0.1) is 0 Å². The van der Waals surface area contributed by atoms with Crippen molar-refractivity contribution >= 4 is 5.78 Å². The summed E-state index contributed by atoms with van der Waals surface area (Å²) in [6.07, 6.45) is 7.40. The van der Waals surface area contributed by atoms with Crippen LogP contribution >= 0.6 is 0 Å². The lowest BCUT2D eigenvalue weighted by Gasteiger charge is -2.19. The maximum atomic E-state index is 11.4. The molecule has 1 aliphatic rings. The summed E-state index contributed by atoms with van der Waals surface area (Å²) in [7, 11) is 0. The number of Topliss-reactive ketones (excluding diaryl/α,β-unsaturated/α-hetero) is 1. The Morgan fingerprint density at radius 3 is 2.75 bits per heavy atom. The Hall–Kier alpha value is -0.590. The monoisotopic (exact) mass is 166 g/mol. The molecule has 1 heteroatoms. The molecule has 68 valence electrons. The first-order valence-electron chi connectivity index (χ1n) is 5.00. The maximum Gasteiger partial charge on any atom is 0.158 e. The highest BCUT2D eigenvalue weighted by molar-refractivity contribution is 5.96. The van der Waals surface area contributed by atoms with E-state index in [9.17, 15) is 4.79 Å². The predicted octanol–water partition coefficient (Wildman–Crippen LogP) is 3.10. The van der Waals surface area contributed by atoms with Crippen LogP contribution in [0.1, 0.15) is 46.0 Å². The van der Waals surface area contributed by atoms with E-state index in [1.165, 1.54) is 12.8 Å². The second-order valence-electron chi connectivity index (χ2n) is 3.60. The Balaban J connectivity index is 2.51. The van der Waals surface area contributed by atoms with Crippen molar-refractivity contribution in [1.29, 1.82) is 0 Å². The fourth-order valence-corrected chi connectivity index (χ4v) is 1.87. The molecule has 0 fully saturated rings. The predicted molar refractivity (Wildman–Crippen MR) is 51.0 cm³/mol. The van der Waals surface area contributed by atoms with Gasteiger partial charge in [0.15, 0.2) is 5.78 Å². The molecule has 1 atom stereocenters. The third-order valence-corrected chi connectivity index (χ3v) is 2.61. The summed E-state index contributed by atoms with van der Waals surface area (Å²) in [6, 6.07) is 0. The van der Waals surface area contributed by atoms with Crippen LogP contribution in [0.25, 0.3) is 0 Å². The molecule has 0 amide bonds. The van der Waals surface area contributed by atoms with Crippen molar-refractivity contribution in [1.82, 2.24) is 0 Å². The second kappa shape index (κ2) is 4.44. The van der Waals surface area contributed by atoms with E-state index < -0.39 is 0 Å². The number of ketones is 1. The Kier molecular flexibility index (Phi) is 3.51. The molecule has 0 N–H and O–H groups in total. The van der Waals surface area contributed by atoms with Gasteiger partial charge in [0.1, 0.15) is 0 Å². The molecule has 0 aromatic carbocycles. The molecular formula is C11H18O. The van der Waals surface area contributed by atoms with Crippen LogP contribution in [0.5, 0.6) is 0 Å². The van der Waals surface area contributed by atoms with E-state index in [0.717, 1.165) is 24.8 Å². The van der Waals surface area contributed by atoms with E-state index in [0.29, 0.717) is 11.7 Å². The molecule has 0 radical (unpaired) electrons. The van der Waals surface area contributed by atoms with Crippen LogP contribution in [-0.4, -0.2) is 5.78 Å². The average molecular weight is 166 g/mol. The fourth-order valence-electron chi connectivity index (χ4n) is 1.87. The highest BCUT2D eigenvalue weighted by atomic mass is 16.1. The van der Waals surface area contributed by atoms with Crippen LogP contribution < -0.4 is 0 Å². The zero-order valence-corrected chi connectivity index (χ0v) is 8.10. The molecule has 0 saturated heterocycles.